The first-order valence-corrected chi connectivity index (χ1v) is 8.93. The van der Waals surface area contributed by atoms with E-state index in [1.54, 1.807) is 36.4 Å². The predicted octanol–water partition coefficient (Wildman–Crippen LogP) is 2.57. The smallest absolute Gasteiger partial charge is 0.318 e. The summed E-state index contributed by atoms with van der Waals surface area (Å²) in [6.07, 6.45) is 0. The summed E-state index contributed by atoms with van der Waals surface area (Å²) in [7, 11) is -3.86. The molecule has 2 rings (SSSR count). The van der Waals surface area contributed by atoms with Crippen LogP contribution >= 0.6 is 22.6 Å². The Bertz CT molecular complexity index is 745. The van der Waals surface area contributed by atoms with E-state index < -0.39 is 22.5 Å². The molecule has 2 aromatic rings. The summed E-state index contributed by atoms with van der Waals surface area (Å²) in [6.45, 7) is -0.565. The third-order valence-electron chi connectivity index (χ3n) is 2.96. The molecule has 0 unspecified atom stereocenters. The number of hydrogen-bond donors (Lipinski definition) is 1. The minimum absolute atomic E-state index is 0.0153. The topological polar surface area (TPSA) is 74.7 Å². The highest BCUT2D eigenvalue weighted by molar-refractivity contribution is 14.1. The van der Waals surface area contributed by atoms with E-state index in [2.05, 4.69) is 22.6 Å². The number of hydrogen-bond acceptors (Lipinski definition) is 3. The zero-order valence-corrected chi connectivity index (χ0v) is 14.5. The number of benzene rings is 2. The van der Waals surface area contributed by atoms with Gasteiger partial charge in [-0.1, -0.05) is 30.3 Å². The summed E-state index contributed by atoms with van der Waals surface area (Å²) >= 11 is 2.08. The van der Waals surface area contributed by atoms with Crippen molar-refractivity contribution in [3.8, 4) is 0 Å². The molecule has 116 valence electrons. The molecule has 2 aromatic carbocycles. The van der Waals surface area contributed by atoms with Gasteiger partial charge in [0.15, 0.2) is 0 Å². The summed E-state index contributed by atoms with van der Waals surface area (Å²) in [5, 5.41) is 9.01. The van der Waals surface area contributed by atoms with E-state index >= 15 is 0 Å². The molecule has 5 nitrogen and oxygen atoms in total. The molecule has 0 heterocycles. The highest BCUT2D eigenvalue weighted by Gasteiger charge is 2.26. The van der Waals surface area contributed by atoms with Gasteiger partial charge in [-0.05, 0) is 52.4 Å². The molecule has 0 spiro atoms. The molecule has 0 aromatic heterocycles. The lowest BCUT2D eigenvalue weighted by Gasteiger charge is -2.20. The molecule has 0 fully saturated rings. The average Bonchev–Trinajstić information content (AvgIpc) is 2.47. The molecule has 0 atom stereocenters. The van der Waals surface area contributed by atoms with Gasteiger partial charge in [0.2, 0.25) is 10.0 Å². The van der Waals surface area contributed by atoms with E-state index in [1.165, 1.54) is 12.1 Å². The lowest BCUT2D eigenvalue weighted by atomic mass is 10.2. The Hall–Kier alpha value is -1.45. The number of carboxylic acid groups (broad SMARTS) is 1. The van der Waals surface area contributed by atoms with Crippen LogP contribution in [0.15, 0.2) is 59.5 Å². The fraction of sp³-hybridized carbons (Fsp3) is 0.133. The Balaban J connectivity index is 2.35. The van der Waals surface area contributed by atoms with Gasteiger partial charge in [0.25, 0.3) is 0 Å². The maximum atomic E-state index is 12.6. The second kappa shape index (κ2) is 7.21. The second-order valence-electron chi connectivity index (χ2n) is 4.61. The molecule has 0 aliphatic carbocycles. The molecular formula is C15H14INO4S. The van der Waals surface area contributed by atoms with E-state index in [0.29, 0.717) is 0 Å². The first kappa shape index (κ1) is 16.9. The van der Waals surface area contributed by atoms with Gasteiger partial charge in [0, 0.05) is 10.1 Å². The van der Waals surface area contributed by atoms with Gasteiger partial charge in [-0.3, -0.25) is 4.79 Å². The van der Waals surface area contributed by atoms with Gasteiger partial charge in [-0.2, -0.15) is 4.31 Å². The normalized spacial score (nSPS) is 11.5. The van der Waals surface area contributed by atoms with Crippen LogP contribution < -0.4 is 0 Å². The van der Waals surface area contributed by atoms with Crippen LogP contribution in [0.5, 0.6) is 0 Å². The van der Waals surface area contributed by atoms with Gasteiger partial charge >= 0.3 is 5.97 Å². The van der Waals surface area contributed by atoms with Crippen molar-refractivity contribution in [2.24, 2.45) is 0 Å². The Morgan fingerprint density at radius 3 is 2.18 bits per heavy atom. The molecule has 22 heavy (non-hydrogen) atoms. The molecule has 0 saturated carbocycles. The Kier molecular flexibility index (Phi) is 5.54. The minimum atomic E-state index is -3.86. The first-order chi connectivity index (χ1) is 10.4. The van der Waals surface area contributed by atoms with Crippen LogP contribution in [0.25, 0.3) is 0 Å². The quantitative estimate of drug-likeness (QED) is 0.714. The van der Waals surface area contributed by atoms with Crippen molar-refractivity contribution in [1.29, 1.82) is 0 Å². The summed E-state index contributed by atoms with van der Waals surface area (Å²) < 4.78 is 27.2. The zero-order valence-electron chi connectivity index (χ0n) is 11.5. The lowest BCUT2D eigenvalue weighted by Crippen LogP contribution is -2.35. The highest BCUT2D eigenvalue weighted by Crippen LogP contribution is 2.19. The van der Waals surface area contributed by atoms with Crippen molar-refractivity contribution in [2.45, 2.75) is 11.4 Å². The van der Waals surface area contributed by atoms with Crippen LogP contribution in [0.3, 0.4) is 0 Å². The van der Waals surface area contributed by atoms with E-state index in [0.717, 1.165) is 13.4 Å². The molecule has 0 radical (unpaired) electrons. The van der Waals surface area contributed by atoms with Crippen molar-refractivity contribution in [3.63, 3.8) is 0 Å². The average molecular weight is 431 g/mol. The van der Waals surface area contributed by atoms with Crippen molar-refractivity contribution in [3.05, 3.63) is 63.7 Å². The largest absolute Gasteiger partial charge is 0.480 e. The van der Waals surface area contributed by atoms with Gasteiger partial charge in [0.05, 0.1) is 4.90 Å². The van der Waals surface area contributed by atoms with E-state index in [1.807, 2.05) is 6.07 Å². The monoisotopic (exact) mass is 431 g/mol. The van der Waals surface area contributed by atoms with Crippen LogP contribution in [0.4, 0.5) is 0 Å². The van der Waals surface area contributed by atoms with Gasteiger partial charge < -0.3 is 5.11 Å². The number of aliphatic carboxylic acids is 1. The van der Waals surface area contributed by atoms with Crippen LogP contribution in [0.2, 0.25) is 0 Å². The summed E-state index contributed by atoms with van der Waals surface area (Å²) in [5.41, 5.74) is 0.734. The standard InChI is InChI=1S/C15H14INO4S/c16-13-6-8-14(9-7-13)22(20,21)17(11-15(18)19)10-12-4-2-1-3-5-12/h1-9H,10-11H2,(H,18,19). The van der Waals surface area contributed by atoms with E-state index in [9.17, 15) is 13.2 Å². The first-order valence-electron chi connectivity index (χ1n) is 6.41. The number of sulfonamides is 1. The SMILES string of the molecule is O=C(O)CN(Cc1ccccc1)S(=O)(=O)c1ccc(I)cc1. The Labute approximate surface area is 142 Å². The molecule has 0 bridgehead atoms. The van der Waals surface area contributed by atoms with E-state index in [4.69, 9.17) is 5.11 Å². The van der Waals surface area contributed by atoms with Gasteiger partial charge in [-0.15, -0.1) is 0 Å². The molecule has 7 heteroatoms. The lowest BCUT2D eigenvalue weighted by molar-refractivity contribution is -0.137. The number of carbonyl (C=O) groups is 1. The fourth-order valence-electron chi connectivity index (χ4n) is 1.92. The molecule has 0 aliphatic rings. The Morgan fingerprint density at radius 2 is 1.64 bits per heavy atom. The number of nitrogens with zero attached hydrogens (tertiary/aromatic N) is 1. The molecule has 0 saturated heterocycles. The maximum Gasteiger partial charge on any atom is 0.318 e. The van der Waals surface area contributed by atoms with Crippen molar-refractivity contribution < 1.29 is 18.3 Å². The predicted molar refractivity (Wildman–Crippen MR) is 90.8 cm³/mol. The summed E-state index contributed by atoms with van der Waals surface area (Å²) in [6, 6.07) is 15.2. The van der Waals surface area contributed by atoms with Crippen LogP contribution in [-0.4, -0.2) is 30.3 Å². The Morgan fingerprint density at radius 1 is 1.05 bits per heavy atom. The van der Waals surface area contributed by atoms with Gasteiger partial charge in [-0.25, -0.2) is 8.42 Å². The second-order valence-corrected chi connectivity index (χ2v) is 7.79. The molecule has 1 N–H and O–H groups in total. The number of halogens is 1. The number of rotatable bonds is 6. The van der Waals surface area contributed by atoms with Crippen molar-refractivity contribution in [2.75, 3.05) is 6.54 Å². The molecule has 0 amide bonds. The highest BCUT2D eigenvalue weighted by atomic mass is 127. The zero-order chi connectivity index (χ0) is 16.2. The van der Waals surface area contributed by atoms with Crippen LogP contribution in [0.1, 0.15) is 5.56 Å². The minimum Gasteiger partial charge on any atom is -0.480 e. The summed E-state index contributed by atoms with van der Waals surface area (Å²) in [5.74, 6) is -1.19. The van der Waals surface area contributed by atoms with Crippen LogP contribution in [0, 0.1) is 3.57 Å². The maximum absolute atomic E-state index is 12.6. The molecule has 0 aliphatic heterocycles. The summed E-state index contributed by atoms with van der Waals surface area (Å²) in [4.78, 5) is 11.1. The number of carboxylic acids is 1. The van der Waals surface area contributed by atoms with Crippen molar-refractivity contribution in [1.82, 2.24) is 4.31 Å². The van der Waals surface area contributed by atoms with Crippen LogP contribution in [-0.2, 0) is 21.4 Å². The fourth-order valence-corrected chi connectivity index (χ4v) is 3.66. The molecular weight excluding hydrogens is 417 g/mol. The van der Waals surface area contributed by atoms with Gasteiger partial charge in [0.1, 0.15) is 6.54 Å². The third-order valence-corrected chi connectivity index (χ3v) is 5.49. The van der Waals surface area contributed by atoms with E-state index in [-0.39, 0.29) is 11.4 Å². The van der Waals surface area contributed by atoms with Crippen molar-refractivity contribution >= 4 is 38.6 Å². The third kappa shape index (κ3) is 4.28.